The van der Waals surface area contributed by atoms with Gasteiger partial charge in [-0.15, -0.1) is 0 Å². The van der Waals surface area contributed by atoms with E-state index in [0.29, 0.717) is 11.7 Å². The Bertz CT molecular complexity index is 376. The van der Waals surface area contributed by atoms with Gasteiger partial charge in [0.15, 0.2) is 5.82 Å². The summed E-state index contributed by atoms with van der Waals surface area (Å²) < 4.78 is 10.4. The first-order chi connectivity index (χ1) is 9.19. The molecule has 6 heteroatoms. The molecule has 2 rings (SSSR count). The SMILES string of the molecule is COC(C)CCc1nc(C(N)CN2CCCC2)no1. The zero-order valence-corrected chi connectivity index (χ0v) is 11.8. The number of aryl methyl sites for hydroxylation is 1. The van der Waals surface area contributed by atoms with Gasteiger partial charge < -0.3 is 19.9 Å². The van der Waals surface area contributed by atoms with Crippen LogP contribution in [0.3, 0.4) is 0 Å². The first-order valence-corrected chi connectivity index (χ1v) is 7.02. The molecule has 2 heterocycles. The van der Waals surface area contributed by atoms with E-state index < -0.39 is 0 Å². The lowest BCUT2D eigenvalue weighted by Crippen LogP contribution is -2.30. The minimum Gasteiger partial charge on any atom is -0.382 e. The predicted octanol–water partition coefficient (Wildman–Crippen LogP) is 1.13. The van der Waals surface area contributed by atoms with E-state index in [0.717, 1.165) is 32.5 Å². The molecule has 2 unspecified atom stereocenters. The largest absolute Gasteiger partial charge is 0.382 e. The van der Waals surface area contributed by atoms with E-state index in [1.165, 1.54) is 12.8 Å². The Morgan fingerprint density at radius 2 is 2.16 bits per heavy atom. The van der Waals surface area contributed by atoms with Crippen LogP contribution in [-0.4, -0.2) is 47.9 Å². The average molecular weight is 268 g/mol. The van der Waals surface area contributed by atoms with Crippen LogP contribution in [0.2, 0.25) is 0 Å². The van der Waals surface area contributed by atoms with Crippen molar-refractivity contribution in [1.82, 2.24) is 15.0 Å². The van der Waals surface area contributed by atoms with E-state index >= 15 is 0 Å². The number of methoxy groups -OCH3 is 1. The van der Waals surface area contributed by atoms with Crippen molar-refractivity contribution in [3.63, 3.8) is 0 Å². The van der Waals surface area contributed by atoms with Crippen LogP contribution in [0.1, 0.15) is 43.9 Å². The summed E-state index contributed by atoms with van der Waals surface area (Å²) in [6.07, 6.45) is 4.34. The van der Waals surface area contributed by atoms with Crippen molar-refractivity contribution in [3.8, 4) is 0 Å². The van der Waals surface area contributed by atoms with Gasteiger partial charge in [0, 0.05) is 20.1 Å². The van der Waals surface area contributed by atoms with Gasteiger partial charge in [-0.3, -0.25) is 0 Å². The Balaban J connectivity index is 1.81. The summed E-state index contributed by atoms with van der Waals surface area (Å²) in [5.74, 6) is 1.27. The molecule has 1 fully saturated rings. The van der Waals surface area contributed by atoms with Crippen LogP contribution in [0.4, 0.5) is 0 Å². The summed E-state index contributed by atoms with van der Waals surface area (Å²) in [6.45, 7) is 5.09. The van der Waals surface area contributed by atoms with Crippen LogP contribution in [0.25, 0.3) is 0 Å². The second kappa shape index (κ2) is 6.98. The van der Waals surface area contributed by atoms with E-state index in [4.69, 9.17) is 15.0 Å². The molecule has 0 bridgehead atoms. The van der Waals surface area contributed by atoms with E-state index in [9.17, 15) is 0 Å². The molecule has 0 spiro atoms. The van der Waals surface area contributed by atoms with Gasteiger partial charge >= 0.3 is 0 Å². The molecule has 0 aromatic carbocycles. The molecular formula is C13H24N4O2. The fourth-order valence-corrected chi connectivity index (χ4v) is 2.29. The quantitative estimate of drug-likeness (QED) is 0.799. The Morgan fingerprint density at radius 1 is 1.42 bits per heavy atom. The van der Waals surface area contributed by atoms with Crippen molar-refractivity contribution in [1.29, 1.82) is 0 Å². The summed E-state index contributed by atoms with van der Waals surface area (Å²) >= 11 is 0. The van der Waals surface area contributed by atoms with Crippen LogP contribution in [0.5, 0.6) is 0 Å². The highest BCUT2D eigenvalue weighted by atomic mass is 16.5. The van der Waals surface area contributed by atoms with E-state index in [-0.39, 0.29) is 12.1 Å². The monoisotopic (exact) mass is 268 g/mol. The molecule has 0 aliphatic carbocycles. The van der Waals surface area contributed by atoms with Gasteiger partial charge in [-0.1, -0.05) is 5.16 Å². The second-order valence-electron chi connectivity index (χ2n) is 5.25. The third kappa shape index (κ3) is 4.26. The van der Waals surface area contributed by atoms with E-state index in [1.54, 1.807) is 7.11 Å². The molecule has 0 amide bonds. The van der Waals surface area contributed by atoms with Crippen LogP contribution >= 0.6 is 0 Å². The average Bonchev–Trinajstić information content (AvgIpc) is 3.06. The van der Waals surface area contributed by atoms with Gasteiger partial charge in [0.25, 0.3) is 0 Å². The van der Waals surface area contributed by atoms with Crippen LogP contribution < -0.4 is 5.73 Å². The second-order valence-corrected chi connectivity index (χ2v) is 5.25. The van der Waals surface area contributed by atoms with Gasteiger partial charge in [-0.05, 0) is 39.3 Å². The Morgan fingerprint density at radius 3 is 2.84 bits per heavy atom. The van der Waals surface area contributed by atoms with Crippen molar-refractivity contribution >= 4 is 0 Å². The zero-order valence-electron chi connectivity index (χ0n) is 11.8. The predicted molar refractivity (Wildman–Crippen MR) is 71.7 cm³/mol. The molecule has 2 atom stereocenters. The molecule has 1 aliphatic heterocycles. The number of ether oxygens (including phenoxy) is 1. The van der Waals surface area contributed by atoms with Gasteiger partial charge in [0.1, 0.15) is 0 Å². The first kappa shape index (κ1) is 14.4. The highest BCUT2D eigenvalue weighted by molar-refractivity contribution is 4.95. The molecule has 0 saturated carbocycles. The lowest BCUT2D eigenvalue weighted by Gasteiger charge is -2.17. The number of hydrogen-bond acceptors (Lipinski definition) is 6. The fraction of sp³-hybridized carbons (Fsp3) is 0.846. The summed E-state index contributed by atoms with van der Waals surface area (Å²) in [6, 6.07) is -0.157. The van der Waals surface area contributed by atoms with E-state index in [1.807, 2.05) is 6.92 Å². The van der Waals surface area contributed by atoms with Gasteiger partial charge in [0.2, 0.25) is 5.89 Å². The minimum atomic E-state index is -0.157. The molecule has 0 radical (unpaired) electrons. The smallest absolute Gasteiger partial charge is 0.226 e. The fourth-order valence-electron chi connectivity index (χ4n) is 2.29. The third-order valence-corrected chi connectivity index (χ3v) is 3.64. The van der Waals surface area contributed by atoms with Crippen molar-refractivity contribution in [2.45, 2.75) is 44.8 Å². The van der Waals surface area contributed by atoms with Crippen molar-refractivity contribution in [2.24, 2.45) is 5.73 Å². The lowest BCUT2D eigenvalue weighted by atomic mass is 10.2. The Kier molecular flexibility index (Phi) is 5.30. The number of likely N-dealkylation sites (tertiary alicyclic amines) is 1. The molecule has 1 saturated heterocycles. The molecule has 1 aromatic rings. The summed E-state index contributed by atoms with van der Waals surface area (Å²) in [7, 11) is 1.70. The van der Waals surface area contributed by atoms with Crippen molar-refractivity contribution in [3.05, 3.63) is 11.7 Å². The first-order valence-electron chi connectivity index (χ1n) is 7.02. The lowest BCUT2D eigenvalue weighted by molar-refractivity contribution is 0.109. The van der Waals surface area contributed by atoms with Crippen molar-refractivity contribution in [2.75, 3.05) is 26.7 Å². The number of nitrogens with zero attached hydrogens (tertiary/aromatic N) is 3. The van der Waals surface area contributed by atoms with Gasteiger partial charge in [-0.25, -0.2) is 0 Å². The van der Waals surface area contributed by atoms with Crippen molar-refractivity contribution < 1.29 is 9.26 Å². The number of aromatic nitrogens is 2. The molecule has 2 N–H and O–H groups in total. The van der Waals surface area contributed by atoms with Gasteiger partial charge in [0.05, 0.1) is 12.1 Å². The number of nitrogens with two attached hydrogens (primary N) is 1. The highest BCUT2D eigenvalue weighted by Crippen LogP contribution is 2.14. The van der Waals surface area contributed by atoms with Crippen LogP contribution in [-0.2, 0) is 11.2 Å². The standard InChI is InChI=1S/C13H24N4O2/c1-10(18-2)5-6-12-15-13(16-19-12)11(14)9-17-7-3-4-8-17/h10-11H,3-9,14H2,1-2H3. The van der Waals surface area contributed by atoms with E-state index in [2.05, 4.69) is 15.0 Å². The third-order valence-electron chi connectivity index (χ3n) is 3.64. The maximum Gasteiger partial charge on any atom is 0.226 e. The Hall–Kier alpha value is -0.980. The molecule has 108 valence electrons. The number of hydrogen-bond donors (Lipinski definition) is 1. The number of rotatable bonds is 7. The minimum absolute atomic E-state index is 0.157. The Labute approximate surface area is 114 Å². The maximum atomic E-state index is 6.12. The molecule has 6 nitrogen and oxygen atoms in total. The summed E-state index contributed by atoms with van der Waals surface area (Å²) in [4.78, 5) is 6.73. The van der Waals surface area contributed by atoms with Crippen LogP contribution in [0, 0.1) is 0 Å². The summed E-state index contributed by atoms with van der Waals surface area (Å²) in [5.41, 5.74) is 6.12. The highest BCUT2D eigenvalue weighted by Gasteiger charge is 2.20. The molecule has 19 heavy (non-hydrogen) atoms. The molecule has 1 aliphatic rings. The van der Waals surface area contributed by atoms with Crippen LogP contribution in [0.15, 0.2) is 4.52 Å². The zero-order chi connectivity index (χ0) is 13.7. The molecule has 1 aromatic heterocycles. The topological polar surface area (TPSA) is 77.4 Å². The molecular weight excluding hydrogens is 244 g/mol. The summed E-state index contributed by atoms with van der Waals surface area (Å²) in [5, 5.41) is 3.98. The normalized spacial score (nSPS) is 19.7. The van der Waals surface area contributed by atoms with Gasteiger partial charge in [-0.2, -0.15) is 4.98 Å². The maximum absolute atomic E-state index is 6.12.